The highest BCUT2D eigenvalue weighted by atomic mass is 35.5. The van der Waals surface area contributed by atoms with Crippen LogP contribution >= 0.6 is 11.6 Å². The Labute approximate surface area is 195 Å². The molecule has 170 valence electrons. The number of aliphatic hydroxyl groups excluding tert-OH is 1. The molecule has 10 heteroatoms. The van der Waals surface area contributed by atoms with Crippen molar-refractivity contribution in [2.24, 2.45) is 5.92 Å². The lowest BCUT2D eigenvalue weighted by atomic mass is 9.71. The van der Waals surface area contributed by atoms with E-state index in [1.165, 1.54) is 0 Å². The van der Waals surface area contributed by atoms with Crippen LogP contribution in [0.2, 0.25) is 5.02 Å². The molecule has 2 saturated carbocycles. The van der Waals surface area contributed by atoms with Crippen molar-refractivity contribution in [1.29, 1.82) is 0 Å². The standard InChI is InChI=1S/C22H27ClN6O2S/c23-14-9-24-19(25-10-14)16-8-15-3-2-13(16)11-29(15)21-26-17-4-7-32(31)18(17)20(27-21)28-22(12-30)5-1-6-22/h9-10,13,15-16,30H,1-8,11-12H2,(H,26,27,28). The normalized spacial score (nSPS) is 30.2. The maximum atomic E-state index is 12.7. The summed E-state index contributed by atoms with van der Waals surface area (Å²) >= 11 is 4.90. The smallest absolute Gasteiger partial charge is 0.228 e. The highest BCUT2D eigenvalue weighted by Gasteiger charge is 2.45. The summed E-state index contributed by atoms with van der Waals surface area (Å²) in [5.41, 5.74) is 0.548. The maximum Gasteiger partial charge on any atom is 0.228 e. The van der Waals surface area contributed by atoms with Crippen molar-refractivity contribution in [2.45, 2.75) is 67.3 Å². The predicted molar refractivity (Wildman–Crippen MR) is 123 cm³/mol. The zero-order valence-corrected chi connectivity index (χ0v) is 19.4. The second kappa shape index (κ2) is 7.97. The fraction of sp³-hybridized carbons (Fsp3) is 0.636. The number of hydrogen-bond donors (Lipinski definition) is 2. The Balaban J connectivity index is 1.30. The van der Waals surface area contributed by atoms with E-state index < -0.39 is 11.2 Å². The van der Waals surface area contributed by atoms with E-state index in [1.807, 2.05) is 0 Å². The van der Waals surface area contributed by atoms with Crippen LogP contribution in [-0.2, 0) is 17.6 Å². The summed E-state index contributed by atoms with van der Waals surface area (Å²) in [4.78, 5) is 21.9. The average Bonchev–Trinajstić information content (AvgIpc) is 3.18. The summed E-state index contributed by atoms with van der Waals surface area (Å²) in [5, 5.41) is 14.0. The second-order valence-electron chi connectivity index (χ2n) is 9.61. The van der Waals surface area contributed by atoms with Gasteiger partial charge in [-0.3, -0.25) is 0 Å². The van der Waals surface area contributed by atoms with Crippen molar-refractivity contribution < 1.29 is 9.66 Å². The number of piperidine rings is 2. The van der Waals surface area contributed by atoms with E-state index in [1.54, 1.807) is 12.4 Å². The minimum atomic E-state index is -1.09. The third kappa shape index (κ3) is 3.45. The molecule has 3 aliphatic heterocycles. The van der Waals surface area contributed by atoms with E-state index >= 15 is 0 Å². The fourth-order valence-corrected chi connectivity index (χ4v) is 7.17. The van der Waals surface area contributed by atoms with Crippen LogP contribution in [-0.4, -0.2) is 60.1 Å². The molecule has 4 fully saturated rings. The quantitative estimate of drug-likeness (QED) is 0.636. The highest BCUT2D eigenvalue weighted by Crippen LogP contribution is 2.46. The molecular weight excluding hydrogens is 448 g/mol. The van der Waals surface area contributed by atoms with E-state index in [9.17, 15) is 9.66 Å². The SMILES string of the molecule is [O-][S+]1CCc2nc(N3CC4CCC3CC4c3ncc(Cl)cn3)nc(NC3(CO)CCC3)c21. The summed E-state index contributed by atoms with van der Waals surface area (Å²) in [6.07, 6.45) is 10.2. The van der Waals surface area contributed by atoms with Crippen LogP contribution in [0.1, 0.15) is 56.0 Å². The largest absolute Gasteiger partial charge is 0.611 e. The first kappa shape index (κ1) is 20.9. The molecule has 0 radical (unpaired) electrons. The Hall–Kier alpha value is -1.68. The van der Waals surface area contributed by atoms with E-state index in [-0.39, 0.29) is 12.1 Å². The molecule has 2 aliphatic carbocycles. The van der Waals surface area contributed by atoms with Gasteiger partial charge in [0.25, 0.3) is 0 Å². The minimum Gasteiger partial charge on any atom is -0.611 e. The summed E-state index contributed by atoms with van der Waals surface area (Å²) in [5.74, 6) is 3.63. The van der Waals surface area contributed by atoms with Gasteiger partial charge < -0.3 is 19.9 Å². The lowest BCUT2D eigenvalue weighted by Gasteiger charge is -2.49. The number of nitrogens with one attached hydrogen (secondary N) is 1. The van der Waals surface area contributed by atoms with Crippen molar-refractivity contribution >= 4 is 34.5 Å². The van der Waals surface area contributed by atoms with Gasteiger partial charge in [-0.1, -0.05) is 11.6 Å². The zero-order valence-electron chi connectivity index (χ0n) is 17.8. The van der Waals surface area contributed by atoms with Crippen molar-refractivity contribution in [3.8, 4) is 0 Å². The number of halogens is 1. The minimum absolute atomic E-state index is 0.0604. The third-order valence-electron chi connectivity index (χ3n) is 7.74. The van der Waals surface area contributed by atoms with Crippen molar-refractivity contribution in [1.82, 2.24) is 19.9 Å². The molecule has 4 atom stereocenters. The molecule has 0 aromatic carbocycles. The summed E-state index contributed by atoms with van der Waals surface area (Å²) < 4.78 is 12.7. The number of nitrogens with zero attached hydrogens (tertiary/aromatic N) is 5. The number of anilines is 2. The Morgan fingerprint density at radius 2 is 2.06 bits per heavy atom. The van der Waals surface area contributed by atoms with Gasteiger partial charge in [-0.15, -0.1) is 0 Å². The molecule has 0 amide bonds. The molecule has 8 nitrogen and oxygen atoms in total. The van der Waals surface area contributed by atoms with Gasteiger partial charge in [0, 0.05) is 37.3 Å². The van der Waals surface area contributed by atoms with E-state index in [0.717, 1.165) is 67.4 Å². The van der Waals surface area contributed by atoms with Crippen LogP contribution in [0.3, 0.4) is 0 Å². The summed E-state index contributed by atoms with van der Waals surface area (Å²) in [7, 11) is 0. The Bertz CT molecular complexity index is 1010. The number of aryl methyl sites for hydroxylation is 1. The molecule has 32 heavy (non-hydrogen) atoms. The zero-order chi connectivity index (χ0) is 21.9. The van der Waals surface area contributed by atoms with Crippen LogP contribution in [0.5, 0.6) is 0 Å². The Kier molecular flexibility index (Phi) is 5.20. The molecule has 4 unspecified atom stereocenters. The molecule has 2 aromatic heterocycles. The van der Waals surface area contributed by atoms with Gasteiger partial charge in [0.2, 0.25) is 10.8 Å². The van der Waals surface area contributed by atoms with Gasteiger partial charge in [0.1, 0.15) is 17.3 Å². The second-order valence-corrected chi connectivity index (χ2v) is 11.6. The van der Waals surface area contributed by atoms with Crippen LogP contribution in [0.15, 0.2) is 17.3 Å². The maximum absolute atomic E-state index is 12.7. The Morgan fingerprint density at radius 1 is 1.25 bits per heavy atom. The molecule has 7 rings (SSSR count). The fourth-order valence-electron chi connectivity index (χ4n) is 5.76. The predicted octanol–water partition coefficient (Wildman–Crippen LogP) is 2.68. The summed E-state index contributed by atoms with van der Waals surface area (Å²) in [6.45, 7) is 0.929. The molecule has 0 spiro atoms. The van der Waals surface area contributed by atoms with Gasteiger partial charge >= 0.3 is 0 Å². The number of aromatic nitrogens is 4. The topological polar surface area (TPSA) is 110 Å². The van der Waals surface area contributed by atoms with Crippen LogP contribution in [0, 0.1) is 5.92 Å². The first-order chi connectivity index (χ1) is 15.5. The van der Waals surface area contributed by atoms with Gasteiger partial charge in [0.05, 0.1) is 17.2 Å². The highest BCUT2D eigenvalue weighted by molar-refractivity contribution is 7.91. The van der Waals surface area contributed by atoms with Gasteiger partial charge in [-0.25, -0.2) is 15.0 Å². The first-order valence-corrected chi connectivity index (χ1v) is 13.2. The number of rotatable bonds is 5. The van der Waals surface area contributed by atoms with Crippen molar-refractivity contribution in [3.05, 3.63) is 28.9 Å². The number of hydrogen-bond acceptors (Lipinski definition) is 8. The van der Waals surface area contributed by atoms with E-state index in [0.29, 0.717) is 40.9 Å². The summed E-state index contributed by atoms with van der Waals surface area (Å²) in [6, 6.07) is 0.331. The lowest BCUT2D eigenvalue weighted by Crippen LogP contribution is -2.52. The van der Waals surface area contributed by atoms with Crippen molar-refractivity contribution in [3.63, 3.8) is 0 Å². The first-order valence-electron chi connectivity index (χ1n) is 11.5. The monoisotopic (exact) mass is 474 g/mol. The van der Waals surface area contributed by atoms with Crippen LogP contribution in [0.25, 0.3) is 0 Å². The van der Waals surface area contributed by atoms with Crippen molar-refractivity contribution in [2.75, 3.05) is 29.1 Å². The number of fused-ring (bicyclic) bond motifs is 4. The van der Waals surface area contributed by atoms with E-state index in [4.69, 9.17) is 21.6 Å². The molecule has 2 aromatic rings. The molecule has 2 bridgehead atoms. The molecule has 5 heterocycles. The molecular formula is C22H27ClN6O2S. The average molecular weight is 475 g/mol. The van der Waals surface area contributed by atoms with E-state index in [2.05, 4.69) is 20.2 Å². The lowest BCUT2D eigenvalue weighted by molar-refractivity contribution is 0.143. The molecule has 2 N–H and O–H groups in total. The third-order valence-corrected chi connectivity index (χ3v) is 9.39. The molecule has 2 saturated heterocycles. The number of aliphatic hydroxyl groups is 1. The van der Waals surface area contributed by atoms with Crippen LogP contribution in [0.4, 0.5) is 11.8 Å². The van der Waals surface area contributed by atoms with Gasteiger partial charge in [-0.2, -0.15) is 4.98 Å². The molecule has 5 aliphatic rings. The Morgan fingerprint density at radius 3 is 2.72 bits per heavy atom. The van der Waals surface area contributed by atoms with Gasteiger partial charge in [0.15, 0.2) is 5.82 Å². The van der Waals surface area contributed by atoms with Crippen LogP contribution < -0.4 is 10.2 Å². The van der Waals surface area contributed by atoms with Gasteiger partial charge in [-0.05, 0) is 55.6 Å².